The molecule has 2 aromatic rings. The van der Waals surface area contributed by atoms with Gasteiger partial charge < -0.3 is 4.74 Å². The monoisotopic (exact) mass is 497 g/mol. The number of ether oxygens (including phenoxy) is 1. The number of nitrogens with zero attached hydrogens (tertiary/aromatic N) is 1. The quantitative estimate of drug-likeness (QED) is 0.151. The topological polar surface area (TPSA) is 22.1 Å². The number of hydrogen-bond donors (Lipinski definition) is 0. The third-order valence-electron chi connectivity index (χ3n) is 7.18. The van der Waals surface area contributed by atoms with E-state index in [1.165, 1.54) is 77.0 Å². The summed E-state index contributed by atoms with van der Waals surface area (Å²) in [6.07, 6.45) is 24.0. The number of rotatable bonds is 22. The Hall–Kier alpha value is -1.90. The van der Waals surface area contributed by atoms with Crippen molar-refractivity contribution < 1.29 is 9.13 Å². The number of para-hydroxylation sites is 1. The smallest absolute Gasteiger partial charge is 0.127 e. The van der Waals surface area contributed by atoms with Crippen molar-refractivity contribution in [3.05, 3.63) is 48.3 Å². The van der Waals surface area contributed by atoms with E-state index in [0.29, 0.717) is 19.3 Å². The number of benzene rings is 1. The van der Waals surface area contributed by atoms with Crippen molar-refractivity contribution in [1.29, 1.82) is 0 Å². The van der Waals surface area contributed by atoms with Gasteiger partial charge in [-0.15, -0.1) is 0 Å². The van der Waals surface area contributed by atoms with Gasteiger partial charge in [0, 0.05) is 18.0 Å². The van der Waals surface area contributed by atoms with Crippen LogP contribution in [0.1, 0.15) is 129 Å². The summed E-state index contributed by atoms with van der Waals surface area (Å²) in [6.45, 7) is 5.25. The second-order valence-electron chi connectivity index (χ2n) is 10.4. The van der Waals surface area contributed by atoms with Crippen LogP contribution in [0, 0.1) is 0 Å². The number of hydrogen-bond acceptors (Lipinski definition) is 2. The molecule has 1 unspecified atom stereocenters. The lowest BCUT2D eigenvalue weighted by Gasteiger charge is -2.15. The van der Waals surface area contributed by atoms with Crippen LogP contribution >= 0.6 is 0 Å². The highest BCUT2D eigenvalue weighted by molar-refractivity contribution is 5.72. The molecular weight excluding hydrogens is 445 g/mol. The average molecular weight is 498 g/mol. The third kappa shape index (κ3) is 12.9. The lowest BCUT2D eigenvalue weighted by molar-refractivity contribution is 0.287. The molecule has 1 heterocycles. The molecule has 3 heteroatoms. The second-order valence-corrected chi connectivity index (χ2v) is 10.4. The Labute approximate surface area is 221 Å². The van der Waals surface area contributed by atoms with Crippen LogP contribution < -0.4 is 4.74 Å². The van der Waals surface area contributed by atoms with Gasteiger partial charge in [-0.25, -0.2) is 4.39 Å². The SMILES string of the molecule is CCCCCCCCCCOc1ccccc1-c1ccncc1CCC(F)CCCCCCCCC. The highest BCUT2D eigenvalue weighted by Crippen LogP contribution is 2.33. The first kappa shape index (κ1) is 30.3. The number of halogens is 1. The normalized spacial score (nSPS) is 12.1. The molecule has 0 aliphatic heterocycles. The molecule has 0 fully saturated rings. The minimum Gasteiger partial charge on any atom is -0.493 e. The molecule has 0 saturated heterocycles. The van der Waals surface area contributed by atoms with Crippen molar-refractivity contribution in [2.45, 2.75) is 136 Å². The van der Waals surface area contributed by atoms with Crippen molar-refractivity contribution in [1.82, 2.24) is 4.98 Å². The summed E-state index contributed by atoms with van der Waals surface area (Å²) in [6, 6.07) is 10.3. The Bertz CT molecular complexity index is 793. The van der Waals surface area contributed by atoms with Crippen molar-refractivity contribution in [3.63, 3.8) is 0 Å². The number of alkyl halides is 1. The van der Waals surface area contributed by atoms with Crippen LogP contribution in [0.15, 0.2) is 42.7 Å². The molecule has 202 valence electrons. The minimum absolute atomic E-state index is 0.565. The van der Waals surface area contributed by atoms with Gasteiger partial charge in [0.2, 0.25) is 0 Å². The van der Waals surface area contributed by atoms with Crippen molar-refractivity contribution in [2.24, 2.45) is 0 Å². The maximum Gasteiger partial charge on any atom is 0.127 e. The third-order valence-corrected chi connectivity index (χ3v) is 7.18. The van der Waals surface area contributed by atoms with Crippen LogP contribution in [0.4, 0.5) is 4.39 Å². The highest BCUT2D eigenvalue weighted by atomic mass is 19.1. The number of unbranched alkanes of at least 4 members (excludes halogenated alkanes) is 13. The van der Waals surface area contributed by atoms with E-state index in [1.807, 2.05) is 18.5 Å². The van der Waals surface area contributed by atoms with Gasteiger partial charge in [-0.1, -0.05) is 122 Å². The molecule has 1 aromatic heterocycles. The number of aromatic nitrogens is 1. The molecule has 0 bridgehead atoms. The number of aryl methyl sites for hydroxylation is 1. The molecule has 0 amide bonds. The lowest BCUT2D eigenvalue weighted by atomic mass is 9.96. The maximum atomic E-state index is 14.6. The van der Waals surface area contributed by atoms with Crippen LogP contribution in [0.5, 0.6) is 5.75 Å². The molecule has 0 saturated carbocycles. The van der Waals surface area contributed by atoms with Gasteiger partial charge in [-0.2, -0.15) is 0 Å². The molecule has 1 atom stereocenters. The first-order valence-electron chi connectivity index (χ1n) is 15.0. The molecule has 0 spiro atoms. The molecule has 0 aliphatic carbocycles. The predicted molar refractivity (Wildman–Crippen MR) is 154 cm³/mol. The summed E-state index contributed by atoms with van der Waals surface area (Å²) in [5.74, 6) is 0.924. The van der Waals surface area contributed by atoms with Crippen LogP contribution in [0.3, 0.4) is 0 Å². The van der Waals surface area contributed by atoms with Gasteiger partial charge in [0.05, 0.1) is 6.61 Å². The highest BCUT2D eigenvalue weighted by Gasteiger charge is 2.13. The van der Waals surface area contributed by atoms with Crippen LogP contribution in [-0.4, -0.2) is 17.8 Å². The Morgan fingerprint density at radius 1 is 0.694 bits per heavy atom. The fraction of sp³-hybridized carbons (Fsp3) is 0.667. The van der Waals surface area contributed by atoms with E-state index in [4.69, 9.17) is 4.74 Å². The Morgan fingerprint density at radius 3 is 2.00 bits per heavy atom. The second kappa shape index (κ2) is 20.2. The predicted octanol–water partition coefficient (Wildman–Crippen LogP) is 10.7. The Kier molecular flexibility index (Phi) is 17.0. The van der Waals surface area contributed by atoms with E-state index < -0.39 is 6.17 Å². The zero-order valence-corrected chi connectivity index (χ0v) is 23.3. The van der Waals surface area contributed by atoms with Gasteiger partial charge >= 0.3 is 0 Å². The van der Waals surface area contributed by atoms with Crippen LogP contribution in [0.2, 0.25) is 0 Å². The standard InChI is InChI=1S/C33H52FNO/c1-3-5-7-9-11-13-15-19-27-36-33-22-18-17-21-32(33)31-25-26-35-28-29(31)23-24-30(34)20-16-14-12-10-8-6-4-2/h17-18,21-22,25-26,28,30H,3-16,19-20,23-24,27H2,1-2H3. The van der Waals surface area contributed by atoms with Gasteiger partial charge in [0.1, 0.15) is 11.9 Å². The van der Waals surface area contributed by atoms with E-state index >= 15 is 0 Å². The molecule has 1 aromatic carbocycles. The number of pyridine rings is 1. The van der Waals surface area contributed by atoms with Gasteiger partial charge in [0.15, 0.2) is 0 Å². The van der Waals surface area contributed by atoms with E-state index in [0.717, 1.165) is 48.3 Å². The molecule has 2 nitrogen and oxygen atoms in total. The van der Waals surface area contributed by atoms with E-state index in [9.17, 15) is 4.39 Å². The van der Waals surface area contributed by atoms with E-state index in [1.54, 1.807) is 0 Å². The fourth-order valence-electron chi connectivity index (χ4n) is 4.90. The first-order chi connectivity index (χ1) is 17.8. The molecule has 0 N–H and O–H groups in total. The van der Waals surface area contributed by atoms with E-state index in [-0.39, 0.29) is 0 Å². The molecular formula is C33H52FNO. The molecule has 0 aliphatic rings. The summed E-state index contributed by atoms with van der Waals surface area (Å²) in [7, 11) is 0. The zero-order chi connectivity index (χ0) is 25.7. The first-order valence-corrected chi connectivity index (χ1v) is 15.0. The Morgan fingerprint density at radius 2 is 1.31 bits per heavy atom. The van der Waals surface area contributed by atoms with Crippen molar-refractivity contribution >= 4 is 0 Å². The summed E-state index contributed by atoms with van der Waals surface area (Å²) >= 11 is 0. The average Bonchev–Trinajstić information content (AvgIpc) is 2.91. The van der Waals surface area contributed by atoms with Gasteiger partial charge in [-0.3, -0.25) is 4.98 Å². The summed E-state index contributed by atoms with van der Waals surface area (Å²) < 4.78 is 20.9. The largest absolute Gasteiger partial charge is 0.493 e. The fourth-order valence-corrected chi connectivity index (χ4v) is 4.90. The van der Waals surface area contributed by atoms with Crippen LogP contribution in [0.25, 0.3) is 11.1 Å². The summed E-state index contributed by atoms with van der Waals surface area (Å²) in [4.78, 5) is 4.35. The van der Waals surface area contributed by atoms with Crippen LogP contribution in [-0.2, 0) is 6.42 Å². The molecule has 2 rings (SSSR count). The molecule has 36 heavy (non-hydrogen) atoms. The minimum atomic E-state index is -0.734. The van der Waals surface area contributed by atoms with Gasteiger partial charge in [-0.05, 0) is 48.9 Å². The van der Waals surface area contributed by atoms with E-state index in [2.05, 4.69) is 43.1 Å². The van der Waals surface area contributed by atoms with Crippen molar-refractivity contribution in [3.8, 4) is 16.9 Å². The van der Waals surface area contributed by atoms with Gasteiger partial charge in [0.25, 0.3) is 0 Å². The molecule has 0 radical (unpaired) electrons. The Balaban J connectivity index is 1.78. The maximum absolute atomic E-state index is 14.6. The lowest BCUT2D eigenvalue weighted by Crippen LogP contribution is -2.04. The summed E-state index contributed by atoms with van der Waals surface area (Å²) in [5, 5.41) is 0. The van der Waals surface area contributed by atoms with Crippen molar-refractivity contribution in [2.75, 3.05) is 6.61 Å². The summed E-state index contributed by atoms with van der Waals surface area (Å²) in [5.41, 5.74) is 3.33. The zero-order valence-electron chi connectivity index (χ0n) is 23.3.